The molecule has 174 valence electrons. The van der Waals surface area contributed by atoms with Crippen LogP contribution in [0.25, 0.3) is 22.0 Å². The highest BCUT2D eigenvalue weighted by molar-refractivity contribution is 6.00. The van der Waals surface area contributed by atoms with E-state index in [1.165, 1.54) is 37.4 Å². The van der Waals surface area contributed by atoms with Crippen molar-refractivity contribution in [3.63, 3.8) is 0 Å². The molecule has 4 aromatic rings. The number of pyridine rings is 2. The summed E-state index contributed by atoms with van der Waals surface area (Å²) < 4.78 is 23.7. The average molecular weight is 462 g/mol. The minimum atomic E-state index is -0.554. The molecule has 4 rings (SSSR count). The summed E-state index contributed by atoms with van der Waals surface area (Å²) in [5.74, 6) is -0.880. The van der Waals surface area contributed by atoms with Crippen molar-refractivity contribution >= 4 is 22.8 Å². The van der Waals surface area contributed by atoms with Crippen LogP contribution in [-0.2, 0) is 16.0 Å². The number of carbonyl (C=O) groups excluding carboxylic acids is 2. The lowest BCUT2D eigenvalue weighted by Gasteiger charge is -2.22. The van der Waals surface area contributed by atoms with Crippen molar-refractivity contribution in [1.82, 2.24) is 19.9 Å². The molecule has 1 aromatic carbocycles. The van der Waals surface area contributed by atoms with E-state index in [4.69, 9.17) is 9.47 Å². The molecule has 3 heterocycles. The van der Waals surface area contributed by atoms with Gasteiger partial charge in [0.1, 0.15) is 18.1 Å². The maximum atomic E-state index is 13.8. The number of benzene rings is 1. The van der Waals surface area contributed by atoms with Crippen LogP contribution < -0.4 is 4.74 Å². The van der Waals surface area contributed by atoms with E-state index in [9.17, 15) is 14.0 Å². The van der Waals surface area contributed by atoms with E-state index in [2.05, 4.69) is 15.0 Å². The Kier molecular flexibility index (Phi) is 6.82. The first-order valence-electron chi connectivity index (χ1n) is 10.6. The van der Waals surface area contributed by atoms with Gasteiger partial charge in [-0.2, -0.15) is 0 Å². The van der Waals surface area contributed by atoms with Gasteiger partial charge in [-0.25, -0.2) is 9.37 Å². The number of carbonyl (C=O) groups is 2. The maximum Gasteiger partial charge on any atom is 0.325 e. The predicted octanol–water partition coefficient (Wildman–Crippen LogP) is 3.63. The van der Waals surface area contributed by atoms with Crippen molar-refractivity contribution in [3.8, 4) is 17.0 Å². The SMILES string of the molecule is COC(=O)CN(CCc1c[nH]c2ccc(F)cc12)C(=O)c1ncccc1-c1ccc(OC)nc1. The van der Waals surface area contributed by atoms with Crippen LogP contribution in [0.2, 0.25) is 0 Å². The van der Waals surface area contributed by atoms with Crippen molar-refractivity contribution in [2.45, 2.75) is 6.42 Å². The number of rotatable bonds is 8. The molecule has 9 heteroatoms. The summed E-state index contributed by atoms with van der Waals surface area (Å²) in [6.07, 6.45) is 5.29. The molecule has 0 bridgehead atoms. The van der Waals surface area contributed by atoms with E-state index in [0.717, 1.165) is 16.5 Å². The fourth-order valence-electron chi connectivity index (χ4n) is 3.70. The molecule has 0 atom stereocenters. The standard InChI is InChI=1S/C25H23FN4O4/c1-33-22-8-5-16(14-29-22)19-4-3-10-27-24(19)25(32)30(15-23(31)34-2)11-9-17-13-28-21-7-6-18(26)12-20(17)21/h3-8,10,12-14,28H,9,11,15H2,1-2H3. The van der Waals surface area contributed by atoms with Gasteiger partial charge in [-0.3, -0.25) is 14.6 Å². The van der Waals surface area contributed by atoms with E-state index in [0.29, 0.717) is 23.4 Å². The second kappa shape index (κ2) is 10.1. The van der Waals surface area contributed by atoms with Crippen molar-refractivity contribution in [2.24, 2.45) is 0 Å². The first-order chi connectivity index (χ1) is 16.5. The molecule has 0 aliphatic heterocycles. The lowest BCUT2D eigenvalue weighted by Crippen LogP contribution is -2.38. The summed E-state index contributed by atoms with van der Waals surface area (Å²) in [5.41, 5.74) is 3.07. The first-order valence-corrected chi connectivity index (χ1v) is 10.6. The molecule has 0 saturated carbocycles. The van der Waals surface area contributed by atoms with Crippen LogP contribution in [-0.4, -0.2) is 59.0 Å². The Morgan fingerprint density at radius 1 is 1.12 bits per heavy atom. The number of methoxy groups -OCH3 is 2. The van der Waals surface area contributed by atoms with Crippen LogP contribution in [0.15, 0.2) is 61.1 Å². The van der Waals surface area contributed by atoms with Gasteiger partial charge in [0.2, 0.25) is 5.88 Å². The molecular weight excluding hydrogens is 439 g/mol. The lowest BCUT2D eigenvalue weighted by molar-refractivity contribution is -0.141. The zero-order valence-corrected chi connectivity index (χ0v) is 18.7. The quantitative estimate of drug-likeness (QED) is 0.402. The number of halogens is 1. The van der Waals surface area contributed by atoms with Gasteiger partial charge in [0, 0.05) is 53.2 Å². The van der Waals surface area contributed by atoms with E-state index >= 15 is 0 Å². The Morgan fingerprint density at radius 3 is 2.71 bits per heavy atom. The third-order valence-electron chi connectivity index (χ3n) is 5.48. The topological polar surface area (TPSA) is 97.4 Å². The molecule has 8 nitrogen and oxygen atoms in total. The van der Waals surface area contributed by atoms with E-state index < -0.39 is 11.9 Å². The number of hydrogen-bond donors (Lipinski definition) is 1. The highest BCUT2D eigenvalue weighted by atomic mass is 19.1. The number of H-pyrrole nitrogens is 1. The van der Waals surface area contributed by atoms with Crippen molar-refractivity contribution in [2.75, 3.05) is 27.3 Å². The third kappa shape index (κ3) is 4.88. The van der Waals surface area contributed by atoms with Gasteiger partial charge in [0.25, 0.3) is 5.91 Å². The van der Waals surface area contributed by atoms with Crippen LogP contribution >= 0.6 is 0 Å². The Hall–Kier alpha value is -4.27. The molecule has 0 unspecified atom stereocenters. The largest absolute Gasteiger partial charge is 0.481 e. The molecule has 0 aliphatic carbocycles. The Morgan fingerprint density at radius 2 is 1.97 bits per heavy atom. The zero-order valence-electron chi connectivity index (χ0n) is 18.7. The normalized spacial score (nSPS) is 10.8. The third-order valence-corrected chi connectivity index (χ3v) is 5.48. The van der Waals surface area contributed by atoms with Gasteiger partial charge in [0.15, 0.2) is 0 Å². The number of hydrogen-bond acceptors (Lipinski definition) is 6. The van der Waals surface area contributed by atoms with E-state index in [1.807, 2.05) is 0 Å². The summed E-state index contributed by atoms with van der Waals surface area (Å²) in [7, 11) is 2.79. The Labute approximate surface area is 195 Å². The smallest absolute Gasteiger partial charge is 0.325 e. The number of amides is 1. The summed E-state index contributed by atoms with van der Waals surface area (Å²) in [5, 5.41) is 0.730. The highest BCUT2D eigenvalue weighted by Crippen LogP contribution is 2.25. The predicted molar refractivity (Wildman–Crippen MR) is 124 cm³/mol. The lowest BCUT2D eigenvalue weighted by atomic mass is 10.0. The number of fused-ring (bicyclic) bond motifs is 1. The molecule has 0 saturated heterocycles. The average Bonchev–Trinajstić information content (AvgIpc) is 3.27. The second-order valence-electron chi connectivity index (χ2n) is 7.55. The van der Waals surface area contributed by atoms with Crippen LogP contribution in [0.1, 0.15) is 16.1 Å². The fraction of sp³-hybridized carbons (Fsp3) is 0.200. The monoisotopic (exact) mass is 462 g/mol. The number of ether oxygens (including phenoxy) is 2. The van der Waals surface area contributed by atoms with Crippen LogP contribution in [0, 0.1) is 5.82 Å². The molecule has 34 heavy (non-hydrogen) atoms. The minimum absolute atomic E-state index is 0.184. The number of aromatic nitrogens is 3. The summed E-state index contributed by atoms with van der Waals surface area (Å²) in [6.45, 7) is -0.0444. The van der Waals surface area contributed by atoms with Gasteiger partial charge in [-0.1, -0.05) is 6.07 Å². The fourth-order valence-corrected chi connectivity index (χ4v) is 3.70. The van der Waals surface area contributed by atoms with Gasteiger partial charge >= 0.3 is 5.97 Å². The van der Waals surface area contributed by atoms with Gasteiger partial charge in [0.05, 0.1) is 14.2 Å². The van der Waals surface area contributed by atoms with Crippen molar-refractivity contribution in [3.05, 3.63) is 78.1 Å². The second-order valence-corrected chi connectivity index (χ2v) is 7.55. The summed E-state index contributed by atoms with van der Waals surface area (Å²) >= 11 is 0. The number of esters is 1. The van der Waals surface area contributed by atoms with Crippen LogP contribution in [0.5, 0.6) is 5.88 Å². The van der Waals surface area contributed by atoms with Gasteiger partial charge in [-0.15, -0.1) is 0 Å². The molecule has 0 spiro atoms. The van der Waals surface area contributed by atoms with Crippen LogP contribution in [0.4, 0.5) is 4.39 Å². The number of nitrogens with zero attached hydrogens (tertiary/aromatic N) is 3. The van der Waals surface area contributed by atoms with E-state index in [-0.39, 0.29) is 24.6 Å². The molecule has 1 N–H and O–H groups in total. The van der Waals surface area contributed by atoms with Gasteiger partial charge in [-0.05, 0) is 42.3 Å². The maximum absolute atomic E-state index is 13.8. The molecule has 1 amide bonds. The van der Waals surface area contributed by atoms with Crippen molar-refractivity contribution in [1.29, 1.82) is 0 Å². The molecule has 0 radical (unpaired) electrons. The number of nitrogens with one attached hydrogen (secondary N) is 1. The molecule has 0 fully saturated rings. The summed E-state index contributed by atoms with van der Waals surface area (Å²) in [6, 6.07) is 11.5. The first kappa shape index (κ1) is 22.9. The Bertz CT molecular complexity index is 1320. The molecular formula is C25H23FN4O4. The molecule has 3 aromatic heterocycles. The van der Waals surface area contributed by atoms with Crippen molar-refractivity contribution < 1.29 is 23.5 Å². The Balaban J connectivity index is 1.63. The van der Waals surface area contributed by atoms with E-state index in [1.54, 1.807) is 42.7 Å². The minimum Gasteiger partial charge on any atom is -0.481 e. The zero-order chi connectivity index (χ0) is 24.1. The number of aromatic amines is 1. The van der Waals surface area contributed by atoms with Gasteiger partial charge < -0.3 is 19.4 Å². The highest BCUT2D eigenvalue weighted by Gasteiger charge is 2.24. The molecule has 0 aliphatic rings. The van der Waals surface area contributed by atoms with Crippen LogP contribution in [0.3, 0.4) is 0 Å². The summed E-state index contributed by atoms with van der Waals surface area (Å²) in [4.78, 5) is 38.6.